The van der Waals surface area contributed by atoms with E-state index in [1.807, 2.05) is 5.57 Å². The summed E-state index contributed by atoms with van der Waals surface area (Å²) in [4.78, 5) is 0. The molecule has 0 bridgehead atoms. The third-order valence-corrected chi connectivity index (χ3v) is 8.52. The van der Waals surface area contributed by atoms with Gasteiger partial charge in [-0.05, 0) is 50.4 Å². The van der Waals surface area contributed by atoms with Crippen molar-refractivity contribution in [3.8, 4) is 0 Å². The molecule has 0 nitrogen and oxygen atoms in total. The van der Waals surface area contributed by atoms with Crippen LogP contribution >= 0.6 is 11.8 Å². The molecule has 0 spiro atoms. The SMILES string of the molecule is CCCCC1(CC)C=C(C2CCCCC2)C2CCCCC2S1. The molecule has 3 unspecified atom stereocenters. The van der Waals surface area contributed by atoms with E-state index in [0.29, 0.717) is 4.75 Å². The Morgan fingerprint density at radius 1 is 1.00 bits per heavy atom. The summed E-state index contributed by atoms with van der Waals surface area (Å²) in [5.74, 6) is 1.90. The third kappa shape index (κ3) is 3.60. The van der Waals surface area contributed by atoms with Crippen LogP contribution in [0.15, 0.2) is 11.6 Å². The van der Waals surface area contributed by atoms with Gasteiger partial charge in [-0.1, -0.05) is 70.4 Å². The van der Waals surface area contributed by atoms with E-state index in [1.54, 1.807) is 0 Å². The van der Waals surface area contributed by atoms with Crippen molar-refractivity contribution in [2.75, 3.05) is 0 Å². The van der Waals surface area contributed by atoms with Crippen LogP contribution in [0.2, 0.25) is 0 Å². The zero-order valence-electron chi connectivity index (χ0n) is 14.9. The average Bonchev–Trinajstić information content (AvgIpc) is 2.60. The highest BCUT2D eigenvalue weighted by molar-refractivity contribution is 8.01. The first kappa shape index (κ1) is 16.9. The largest absolute Gasteiger partial charge is 0.147 e. The first-order chi connectivity index (χ1) is 10.8. The normalized spacial score (nSPS) is 36.7. The summed E-state index contributed by atoms with van der Waals surface area (Å²) in [6.45, 7) is 4.80. The Morgan fingerprint density at radius 2 is 1.73 bits per heavy atom. The molecule has 1 heteroatoms. The Kier molecular flexibility index (Phi) is 5.98. The number of unbranched alkanes of at least 4 members (excludes halogenated alkanes) is 1. The van der Waals surface area contributed by atoms with Gasteiger partial charge in [0.1, 0.15) is 0 Å². The second-order valence-corrected chi connectivity index (χ2v) is 9.70. The van der Waals surface area contributed by atoms with Crippen LogP contribution in [0.5, 0.6) is 0 Å². The zero-order valence-corrected chi connectivity index (χ0v) is 15.7. The summed E-state index contributed by atoms with van der Waals surface area (Å²) in [6.07, 6.45) is 21.8. The Morgan fingerprint density at radius 3 is 2.45 bits per heavy atom. The third-order valence-electron chi connectivity index (χ3n) is 6.58. The molecule has 0 aromatic heterocycles. The molecule has 2 aliphatic carbocycles. The summed E-state index contributed by atoms with van der Waals surface area (Å²) in [7, 11) is 0. The maximum Gasteiger partial charge on any atom is 0.0342 e. The van der Waals surface area contributed by atoms with Crippen LogP contribution < -0.4 is 0 Å². The summed E-state index contributed by atoms with van der Waals surface area (Å²) in [6, 6.07) is 0. The van der Waals surface area contributed by atoms with Gasteiger partial charge in [-0.25, -0.2) is 0 Å². The van der Waals surface area contributed by atoms with Crippen molar-refractivity contribution in [2.45, 2.75) is 107 Å². The average molecular weight is 321 g/mol. The van der Waals surface area contributed by atoms with Crippen molar-refractivity contribution in [1.82, 2.24) is 0 Å². The van der Waals surface area contributed by atoms with Gasteiger partial charge < -0.3 is 0 Å². The lowest BCUT2D eigenvalue weighted by Gasteiger charge is -2.47. The fraction of sp³-hybridized carbons (Fsp3) is 0.905. The van der Waals surface area contributed by atoms with Crippen molar-refractivity contribution in [2.24, 2.45) is 11.8 Å². The smallest absolute Gasteiger partial charge is 0.0342 e. The van der Waals surface area contributed by atoms with Crippen LogP contribution in [0, 0.1) is 11.8 Å². The summed E-state index contributed by atoms with van der Waals surface area (Å²) in [5, 5.41) is 0.951. The van der Waals surface area contributed by atoms with Gasteiger partial charge in [0.25, 0.3) is 0 Å². The first-order valence-corrected chi connectivity index (χ1v) is 11.1. The summed E-state index contributed by atoms with van der Waals surface area (Å²) in [5.41, 5.74) is 1.95. The molecule has 3 aliphatic rings. The van der Waals surface area contributed by atoms with Crippen molar-refractivity contribution in [3.05, 3.63) is 11.6 Å². The molecule has 0 saturated heterocycles. The van der Waals surface area contributed by atoms with Crippen LogP contribution in [0.25, 0.3) is 0 Å². The zero-order chi connectivity index (χ0) is 15.4. The highest BCUT2D eigenvalue weighted by Crippen LogP contribution is 2.54. The lowest BCUT2D eigenvalue weighted by atomic mass is 9.71. The highest BCUT2D eigenvalue weighted by Gasteiger charge is 2.42. The predicted octanol–water partition coefficient (Wildman–Crippen LogP) is 7.14. The number of thioether (sulfide) groups is 1. The predicted molar refractivity (Wildman–Crippen MR) is 101 cm³/mol. The van der Waals surface area contributed by atoms with Crippen LogP contribution in [0.4, 0.5) is 0 Å². The molecule has 126 valence electrons. The van der Waals surface area contributed by atoms with E-state index < -0.39 is 0 Å². The van der Waals surface area contributed by atoms with Gasteiger partial charge in [-0.3, -0.25) is 0 Å². The molecule has 0 radical (unpaired) electrons. The van der Waals surface area contributed by atoms with Gasteiger partial charge in [0, 0.05) is 10.00 Å². The second-order valence-electron chi connectivity index (χ2n) is 8.05. The molecule has 2 fully saturated rings. The van der Waals surface area contributed by atoms with Gasteiger partial charge >= 0.3 is 0 Å². The quantitative estimate of drug-likeness (QED) is 0.485. The van der Waals surface area contributed by atoms with Crippen LogP contribution in [-0.2, 0) is 0 Å². The Balaban J connectivity index is 1.87. The molecule has 2 saturated carbocycles. The standard InChI is InChI=1S/C21H36S/c1-3-5-15-21(4-2)16-19(17-11-7-6-8-12-17)18-13-9-10-14-20(18)22-21/h16-18,20H,3-15H2,1-2H3. The molecule has 0 amide bonds. The van der Waals surface area contributed by atoms with Gasteiger partial charge in [0.2, 0.25) is 0 Å². The summed E-state index contributed by atoms with van der Waals surface area (Å²) >= 11 is 2.39. The van der Waals surface area contributed by atoms with Crippen molar-refractivity contribution < 1.29 is 0 Å². The molecule has 0 aromatic rings. The maximum absolute atomic E-state index is 2.84. The molecule has 0 N–H and O–H groups in total. The molecular formula is C21H36S. The topological polar surface area (TPSA) is 0 Å². The number of allylic oxidation sites excluding steroid dienone is 1. The van der Waals surface area contributed by atoms with Crippen LogP contribution in [0.3, 0.4) is 0 Å². The molecule has 22 heavy (non-hydrogen) atoms. The van der Waals surface area contributed by atoms with E-state index in [4.69, 9.17) is 0 Å². The minimum absolute atomic E-state index is 0.487. The lowest BCUT2D eigenvalue weighted by molar-refractivity contribution is 0.322. The fourth-order valence-electron chi connectivity index (χ4n) is 5.19. The Hall–Kier alpha value is 0.0900. The second kappa shape index (κ2) is 7.77. The molecule has 1 aliphatic heterocycles. The lowest BCUT2D eigenvalue weighted by Crippen LogP contribution is -2.39. The number of hydrogen-bond acceptors (Lipinski definition) is 1. The molecule has 1 heterocycles. The van der Waals surface area contributed by atoms with Crippen LogP contribution in [-0.4, -0.2) is 10.00 Å². The van der Waals surface area contributed by atoms with Gasteiger partial charge in [0.05, 0.1) is 0 Å². The molecule has 0 aromatic carbocycles. The summed E-state index contributed by atoms with van der Waals surface area (Å²) < 4.78 is 0.487. The van der Waals surface area contributed by atoms with Crippen LogP contribution in [0.1, 0.15) is 97.3 Å². The minimum Gasteiger partial charge on any atom is -0.147 e. The van der Waals surface area contributed by atoms with E-state index in [0.717, 1.165) is 17.1 Å². The monoisotopic (exact) mass is 320 g/mol. The molecule has 3 rings (SSSR count). The Labute approximate surface area is 142 Å². The van der Waals surface area contributed by atoms with Gasteiger partial charge in [0.15, 0.2) is 0 Å². The maximum atomic E-state index is 2.84. The van der Waals surface area contributed by atoms with Crippen molar-refractivity contribution in [1.29, 1.82) is 0 Å². The molecule has 3 atom stereocenters. The highest BCUT2D eigenvalue weighted by atomic mass is 32.2. The van der Waals surface area contributed by atoms with E-state index in [1.165, 1.54) is 83.5 Å². The Bertz CT molecular complexity index is 379. The van der Waals surface area contributed by atoms with Crippen molar-refractivity contribution in [3.63, 3.8) is 0 Å². The van der Waals surface area contributed by atoms with Crippen molar-refractivity contribution >= 4 is 11.8 Å². The number of rotatable bonds is 5. The minimum atomic E-state index is 0.487. The first-order valence-electron chi connectivity index (χ1n) is 10.2. The van der Waals surface area contributed by atoms with Gasteiger partial charge in [-0.2, -0.15) is 0 Å². The van der Waals surface area contributed by atoms with Gasteiger partial charge in [-0.15, -0.1) is 11.8 Å². The fourth-order valence-corrected chi connectivity index (χ4v) is 7.17. The van der Waals surface area contributed by atoms with E-state index in [2.05, 4.69) is 31.7 Å². The van der Waals surface area contributed by atoms with E-state index >= 15 is 0 Å². The number of hydrogen-bond donors (Lipinski definition) is 0. The number of fused-ring (bicyclic) bond motifs is 1. The molecular weight excluding hydrogens is 284 g/mol. The van der Waals surface area contributed by atoms with E-state index in [-0.39, 0.29) is 0 Å². The van der Waals surface area contributed by atoms with E-state index in [9.17, 15) is 0 Å².